The van der Waals surface area contributed by atoms with Crippen LogP contribution in [0.4, 0.5) is 0 Å². The molecule has 3 rings (SSSR count). The number of benzene rings is 1. The summed E-state index contributed by atoms with van der Waals surface area (Å²) in [7, 11) is 0. The van der Waals surface area contributed by atoms with Gasteiger partial charge in [-0.3, -0.25) is 4.79 Å². The second kappa shape index (κ2) is 8.48. The minimum atomic E-state index is -1.06. The SMILES string of the molecule is O=C(O)[C@H]1COCCN1C(=O)Cc1csc(COc2ccc(Cl)cc2)n1. The predicted octanol–water partition coefficient (Wildman–Crippen LogP) is 2.23. The van der Waals surface area contributed by atoms with Gasteiger partial charge in [-0.2, -0.15) is 0 Å². The number of ether oxygens (including phenoxy) is 2. The van der Waals surface area contributed by atoms with Crippen molar-refractivity contribution in [2.75, 3.05) is 19.8 Å². The fourth-order valence-electron chi connectivity index (χ4n) is 2.54. The number of nitrogens with zero attached hydrogens (tertiary/aromatic N) is 2. The normalized spacial score (nSPS) is 17.1. The molecule has 7 nitrogen and oxygen atoms in total. The maximum absolute atomic E-state index is 12.4. The van der Waals surface area contributed by atoms with Gasteiger partial charge in [0, 0.05) is 16.9 Å². The second-order valence-electron chi connectivity index (χ2n) is 5.67. The molecule has 1 saturated heterocycles. The Morgan fingerprint density at radius 3 is 2.88 bits per heavy atom. The summed E-state index contributed by atoms with van der Waals surface area (Å²) in [6.07, 6.45) is 0.0568. The maximum atomic E-state index is 12.4. The molecular weight excluding hydrogens is 380 g/mol. The van der Waals surface area contributed by atoms with Crippen molar-refractivity contribution in [1.82, 2.24) is 9.88 Å². The topological polar surface area (TPSA) is 89.0 Å². The Balaban J connectivity index is 1.56. The van der Waals surface area contributed by atoms with Gasteiger partial charge in [0.25, 0.3) is 0 Å². The Labute approximate surface area is 159 Å². The zero-order chi connectivity index (χ0) is 18.5. The Hall–Kier alpha value is -2.16. The van der Waals surface area contributed by atoms with E-state index in [1.165, 1.54) is 16.2 Å². The first-order chi connectivity index (χ1) is 12.5. The van der Waals surface area contributed by atoms with Crippen LogP contribution in [0.25, 0.3) is 0 Å². The van der Waals surface area contributed by atoms with Crippen molar-refractivity contribution < 1.29 is 24.2 Å². The van der Waals surface area contributed by atoms with Gasteiger partial charge in [0.1, 0.15) is 17.4 Å². The van der Waals surface area contributed by atoms with Crippen LogP contribution in [-0.4, -0.2) is 52.7 Å². The van der Waals surface area contributed by atoms with Crippen LogP contribution in [-0.2, 0) is 27.4 Å². The summed E-state index contributed by atoms with van der Waals surface area (Å²) in [5, 5.41) is 12.4. The minimum absolute atomic E-state index is 0.0122. The lowest BCUT2D eigenvalue weighted by atomic mass is 10.2. The van der Waals surface area contributed by atoms with Crippen LogP contribution in [0.15, 0.2) is 29.6 Å². The van der Waals surface area contributed by atoms with Gasteiger partial charge in [0.15, 0.2) is 6.04 Å². The highest BCUT2D eigenvalue weighted by atomic mass is 35.5. The first kappa shape index (κ1) is 18.6. The zero-order valence-corrected chi connectivity index (χ0v) is 15.3. The molecule has 1 aliphatic rings. The number of hydrogen-bond acceptors (Lipinski definition) is 6. The van der Waals surface area contributed by atoms with E-state index in [0.29, 0.717) is 23.1 Å². The standard InChI is InChI=1S/C17H17ClN2O5S/c18-11-1-3-13(4-2-11)25-9-15-19-12(10-26-15)7-16(21)20-5-6-24-8-14(20)17(22)23/h1-4,10,14H,5-9H2,(H,22,23)/t14-/m1/s1. The number of carbonyl (C=O) groups is 2. The highest BCUT2D eigenvalue weighted by Crippen LogP contribution is 2.19. The number of aromatic nitrogens is 1. The molecule has 26 heavy (non-hydrogen) atoms. The lowest BCUT2D eigenvalue weighted by molar-refractivity contribution is -0.158. The van der Waals surface area contributed by atoms with E-state index in [1.807, 2.05) is 0 Å². The second-order valence-corrected chi connectivity index (χ2v) is 7.05. The summed E-state index contributed by atoms with van der Waals surface area (Å²) < 4.78 is 10.8. The van der Waals surface area contributed by atoms with Gasteiger partial charge in [0.05, 0.1) is 25.3 Å². The number of morpholine rings is 1. The third-order valence-corrected chi connectivity index (χ3v) is 4.96. The Morgan fingerprint density at radius 1 is 1.38 bits per heavy atom. The van der Waals surface area contributed by atoms with Crippen molar-refractivity contribution in [2.24, 2.45) is 0 Å². The van der Waals surface area contributed by atoms with E-state index >= 15 is 0 Å². The lowest BCUT2D eigenvalue weighted by Crippen LogP contribution is -2.53. The molecule has 0 unspecified atom stereocenters. The van der Waals surface area contributed by atoms with Gasteiger partial charge < -0.3 is 19.5 Å². The van der Waals surface area contributed by atoms with Gasteiger partial charge in [-0.05, 0) is 24.3 Å². The summed E-state index contributed by atoms with van der Waals surface area (Å²) >= 11 is 7.22. The number of carboxylic acids is 1. The molecule has 0 saturated carbocycles. The molecule has 0 radical (unpaired) electrons. The number of halogens is 1. The van der Waals surface area contributed by atoms with Crippen molar-refractivity contribution >= 4 is 34.8 Å². The van der Waals surface area contributed by atoms with Gasteiger partial charge >= 0.3 is 5.97 Å². The van der Waals surface area contributed by atoms with Crippen LogP contribution in [0.5, 0.6) is 5.75 Å². The first-order valence-electron chi connectivity index (χ1n) is 7.94. The van der Waals surface area contributed by atoms with Gasteiger partial charge in [-0.1, -0.05) is 11.6 Å². The third-order valence-electron chi connectivity index (χ3n) is 3.84. The highest BCUT2D eigenvalue weighted by Gasteiger charge is 2.32. The van der Waals surface area contributed by atoms with Crippen LogP contribution in [0, 0.1) is 0 Å². The zero-order valence-electron chi connectivity index (χ0n) is 13.8. The van der Waals surface area contributed by atoms with Crippen LogP contribution < -0.4 is 4.74 Å². The van der Waals surface area contributed by atoms with Crippen LogP contribution in [0.3, 0.4) is 0 Å². The molecule has 1 N–H and O–H groups in total. The predicted molar refractivity (Wildman–Crippen MR) is 95.6 cm³/mol. The molecule has 1 aliphatic heterocycles. The average molecular weight is 397 g/mol. The van der Waals surface area contributed by atoms with E-state index in [2.05, 4.69) is 4.98 Å². The van der Waals surface area contributed by atoms with Crippen LogP contribution in [0.2, 0.25) is 5.02 Å². The Morgan fingerprint density at radius 2 is 2.15 bits per heavy atom. The van der Waals surface area contributed by atoms with Crippen LogP contribution in [0.1, 0.15) is 10.7 Å². The molecule has 1 fully saturated rings. The molecule has 1 aromatic heterocycles. The van der Waals surface area contributed by atoms with Crippen molar-refractivity contribution in [3.05, 3.63) is 45.4 Å². The summed E-state index contributed by atoms with van der Waals surface area (Å²) in [4.78, 5) is 29.4. The van der Waals surface area contributed by atoms with Crippen molar-refractivity contribution in [3.63, 3.8) is 0 Å². The van der Waals surface area contributed by atoms with E-state index in [4.69, 9.17) is 21.1 Å². The largest absolute Gasteiger partial charge is 0.486 e. The molecule has 138 valence electrons. The number of hydrogen-bond donors (Lipinski definition) is 1. The quantitative estimate of drug-likeness (QED) is 0.805. The molecule has 1 aromatic carbocycles. The fraction of sp³-hybridized carbons (Fsp3) is 0.353. The summed E-state index contributed by atoms with van der Waals surface area (Å²) in [5.41, 5.74) is 0.602. The first-order valence-corrected chi connectivity index (χ1v) is 9.20. The molecule has 0 spiro atoms. The number of thiazole rings is 1. The third kappa shape index (κ3) is 4.72. The molecule has 9 heteroatoms. The van der Waals surface area contributed by atoms with Gasteiger partial charge in [-0.15, -0.1) is 11.3 Å². The minimum Gasteiger partial charge on any atom is -0.486 e. The molecule has 2 aromatic rings. The highest BCUT2D eigenvalue weighted by molar-refractivity contribution is 7.09. The van der Waals surface area contributed by atoms with Crippen molar-refractivity contribution in [3.8, 4) is 5.75 Å². The Kier molecular flexibility index (Phi) is 6.08. The van der Waals surface area contributed by atoms with E-state index in [1.54, 1.807) is 29.6 Å². The van der Waals surface area contributed by atoms with Gasteiger partial charge in [-0.25, -0.2) is 9.78 Å². The van der Waals surface area contributed by atoms with E-state index in [9.17, 15) is 14.7 Å². The summed E-state index contributed by atoms with van der Waals surface area (Å²) in [5.74, 6) is -0.649. The number of carbonyl (C=O) groups excluding carboxylic acids is 1. The molecule has 1 atom stereocenters. The van der Waals surface area contributed by atoms with Gasteiger partial charge in [0.2, 0.25) is 5.91 Å². The fourth-order valence-corrected chi connectivity index (χ4v) is 3.37. The summed E-state index contributed by atoms with van der Waals surface area (Å²) in [6, 6.07) is 6.08. The van der Waals surface area contributed by atoms with E-state index < -0.39 is 12.0 Å². The lowest BCUT2D eigenvalue weighted by Gasteiger charge is -2.32. The smallest absolute Gasteiger partial charge is 0.328 e. The maximum Gasteiger partial charge on any atom is 0.328 e. The van der Waals surface area contributed by atoms with Crippen molar-refractivity contribution in [2.45, 2.75) is 19.1 Å². The number of carboxylic acid groups (broad SMARTS) is 1. The van der Waals surface area contributed by atoms with Crippen molar-refractivity contribution in [1.29, 1.82) is 0 Å². The molecule has 1 amide bonds. The number of aliphatic carboxylic acids is 1. The molecule has 0 aliphatic carbocycles. The molecular formula is C17H17ClN2O5S. The van der Waals surface area contributed by atoms with Crippen LogP contribution >= 0.6 is 22.9 Å². The number of rotatable bonds is 6. The average Bonchev–Trinajstić information content (AvgIpc) is 3.08. The van der Waals surface area contributed by atoms with E-state index in [0.717, 1.165) is 5.01 Å². The molecule has 2 heterocycles. The molecule has 0 bridgehead atoms. The van der Waals surface area contributed by atoms with E-state index in [-0.39, 0.29) is 32.1 Å². The summed E-state index contributed by atoms with van der Waals surface area (Å²) in [6.45, 7) is 0.910. The monoisotopic (exact) mass is 396 g/mol. The Bertz CT molecular complexity index is 780. The number of amides is 1.